The standard InChI is InChI=1S/C15H25N3O2/c1-6-17-14(19)12-8-7-11(16)9-13(12)20-10-15(2,3)18(4)5/h7-9H,6,10,16H2,1-5H3,(H,17,19). The lowest BCUT2D eigenvalue weighted by Crippen LogP contribution is -2.43. The zero-order chi connectivity index (χ0) is 15.3. The van der Waals surface area contributed by atoms with Crippen molar-refractivity contribution in [3.8, 4) is 5.75 Å². The second-order valence-corrected chi connectivity index (χ2v) is 5.61. The van der Waals surface area contributed by atoms with E-state index in [9.17, 15) is 4.79 Å². The molecule has 3 N–H and O–H groups in total. The van der Waals surface area contributed by atoms with Gasteiger partial charge >= 0.3 is 0 Å². The highest BCUT2D eigenvalue weighted by Crippen LogP contribution is 2.23. The quantitative estimate of drug-likeness (QED) is 0.778. The molecule has 0 spiro atoms. The van der Waals surface area contributed by atoms with Crippen molar-refractivity contribution in [3.63, 3.8) is 0 Å². The molecule has 1 aromatic carbocycles. The molecule has 0 saturated carbocycles. The molecule has 0 radical (unpaired) electrons. The Hall–Kier alpha value is -1.75. The number of benzene rings is 1. The summed E-state index contributed by atoms with van der Waals surface area (Å²) in [5, 5.41) is 2.77. The van der Waals surface area contributed by atoms with Crippen molar-refractivity contribution >= 4 is 11.6 Å². The SMILES string of the molecule is CCNC(=O)c1ccc(N)cc1OCC(C)(C)N(C)C. The van der Waals surface area contributed by atoms with Gasteiger partial charge in [-0.2, -0.15) is 0 Å². The molecule has 0 saturated heterocycles. The third-order valence-corrected chi connectivity index (χ3v) is 3.38. The first-order chi connectivity index (χ1) is 9.27. The van der Waals surface area contributed by atoms with Crippen molar-refractivity contribution in [1.29, 1.82) is 0 Å². The summed E-state index contributed by atoms with van der Waals surface area (Å²) >= 11 is 0. The van der Waals surface area contributed by atoms with Gasteiger partial charge in [0.15, 0.2) is 0 Å². The lowest BCUT2D eigenvalue weighted by Gasteiger charge is -2.32. The Morgan fingerprint density at radius 3 is 2.60 bits per heavy atom. The maximum absolute atomic E-state index is 12.0. The van der Waals surface area contributed by atoms with Gasteiger partial charge in [-0.05, 0) is 47.0 Å². The lowest BCUT2D eigenvalue weighted by atomic mass is 10.1. The highest BCUT2D eigenvalue weighted by atomic mass is 16.5. The van der Waals surface area contributed by atoms with Crippen LogP contribution in [0.2, 0.25) is 0 Å². The largest absolute Gasteiger partial charge is 0.491 e. The number of nitrogens with one attached hydrogen (secondary N) is 1. The van der Waals surface area contributed by atoms with Crippen LogP contribution in [-0.2, 0) is 0 Å². The summed E-state index contributed by atoms with van der Waals surface area (Å²) in [6.45, 7) is 7.07. The van der Waals surface area contributed by atoms with E-state index in [0.717, 1.165) is 0 Å². The van der Waals surface area contributed by atoms with Gasteiger partial charge in [0.2, 0.25) is 0 Å². The Kier molecular flexibility index (Phi) is 5.39. The highest BCUT2D eigenvalue weighted by molar-refractivity contribution is 5.97. The van der Waals surface area contributed by atoms with Gasteiger partial charge < -0.3 is 20.7 Å². The Balaban J connectivity index is 2.93. The number of amides is 1. The Morgan fingerprint density at radius 1 is 1.40 bits per heavy atom. The van der Waals surface area contributed by atoms with E-state index in [1.807, 2.05) is 21.0 Å². The summed E-state index contributed by atoms with van der Waals surface area (Å²) in [5.74, 6) is 0.371. The zero-order valence-corrected chi connectivity index (χ0v) is 13.0. The van der Waals surface area contributed by atoms with E-state index in [4.69, 9.17) is 10.5 Å². The molecule has 0 unspecified atom stereocenters. The molecular formula is C15H25N3O2. The molecule has 0 aliphatic rings. The van der Waals surface area contributed by atoms with Crippen molar-refractivity contribution < 1.29 is 9.53 Å². The number of carbonyl (C=O) groups is 1. The van der Waals surface area contributed by atoms with Crippen molar-refractivity contribution in [1.82, 2.24) is 10.2 Å². The molecule has 1 amide bonds. The smallest absolute Gasteiger partial charge is 0.255 e. The van der Waals surface area contributed by atoms with Gasteiger partial charge in [0.1, 0.15) is 12.4 Å². The van der Waals surface area contributed by atoms with Crippen LogP contribution in [0.15, 0.2) is 18.2 Å². The first-order valence-electron chi connectivity index (χ1n) is 6.76. The third-order valence-electron chi connectivity index (χ3n) is 3.38. The van der Waals surface area contributed by atoms with E-state index in [2.05, 4.69) is 24.1 Å². The van der Waals surface area contributed by atoms with Crippen LogP contribution >= 0.6 is 0 Å². The van der Waals surface area contributed by atoms with Crippen LogP contribution in [0.4, 0.5) is 5.69 Å². The molecule has 0 aliphatic heterocycles. The van der Waals surface area contributed by atoms with Gasteiger partial charge in [-0.3, -0.25) is 4.79 Å². The minimum absolute atomic E-state index is 0.136. The number of carbonyl (C=O) groups excluding carboxylic acids is 1. The van der Waals surface area contributed by atoms with Crippen molar-refractivity contribution in [3.05, 3.63) is 23.8 Å². The maximum Gasteiger partial charge on any atom is 0.255 e. The zero-order valence-electron chi connectivity index (χ0n) is 13.0. The molecule has 112 valence electrons. The van der Waals surface area contributed by atoms with E-state index in [0.29, 0.717) is 30.2 Å². The predicted molar refractivity (Wildman–Crippen MR) is 82.1 cm³/mol. The second kappa shape index (κ2) is 6.61. The van der Waals surface area contributed by atoms with Gasteiger partial charge in [0.05, 0.1) is 5.56 Å². The average molecular weight is 279 g/mol. The average Bonchev–Trinajstić information content (AvgIpc) is 2.36. The van der Waals surface area contributed by atoms with Gasteiger partial charge in [-0.15, -0.1) is 0 Å². The van der Waals surface area contributed by atoms with E-state index in [1.54, 1.807) is 18.2 Å². The number of ether oxygens (including phenoxy) is 1. The van der Waals surface area contributed by atoms with Crippen LogP contribution in [0.5, 0.6) is 5.75 Å². The molecule has 0 aromatic heterocycles. The van der Waals surface area contributed by atoms with Gasteiger partial charge in [0, 0.05) is 23.8 Å². The van der Waals surface area contributed by atoms with Crippen molar-refractivity contribution in [2.24, 2.45) is 0 Å². The number of nitrogens with two attached hydrogens (primary N) is 1. The topological polar surface area (TPSA) is 67.6 Å². The lowest BCUT2D eigenvalue weighted by molar-refractivity contribution is 0.0935. The summed E-state index contributed by atoms with van der Waals surface area (Å²) in [6, 6.07) is 5.09. The number of hydrogen-bond donors (Lipinski definition) is 2. The van der Waals surface area contributed by atoms with Crippen molar-refractivity contribution in [2.75, 3.05) is 33.0 Å². The summed E-state index contributed by atoms with van der Waals surface area (Å²) in [5.41, 5.74) is 6.73. The van der Waals surface area contributed by atoms with Gasteiger partial charge in [-0.1, -0.05) is 0 Å². The summed E-state index contributed by atoms with van der Waals surface area (Å²) in [6.07, 6.45) is 0. The Labute approximate surface area is 121 Å². The monoisotopic (exact) mass is 279 g/mol. The molecule has 0 heterocycles. The van der Waals surface area contributed by atoms with E-state index in [1.165, 1.54) is 0 Å². The van der Waals surface area contributed by atoms with Crippen LogP contribution in [0, 0.1) is 0 Å². The van der Waals surface area contributed by atoms with E-state index in [-0.39, 0.29) is 11.4 Å². The van der Waals surface area contributed by atoms with Crippen LogP contribution in [0.1, 0.15) is 31.1 Å². The number of nitrogen functional groups attached to an aromatic ring is 1. The van der Waals surface area contributed by atoms with Crippen LogP contribution in [0.25, 0.3) is 0 Å². The Morgan fingerprint density at radius 2 is 2.05 bits per heavy atom. The number of rotatable bonds is 6. The molecule has 5 nitrogen and oxygen atoms in total. The normalized spacial score (nSPS) is 11.5. The first-order valence-corrected chi connectivity index (χ1v) is 6.76. The molecule has 1 rings (SSSR count). The molecule has 0 atom stereocenters. The number of anilines is 1. The fourth-order valence-corrected chi connectivity index (χ4v) is 1.49. The fourth-order valence-electron chi connectivity index (χ4n) is 1.49. The van der Waals surface area contributed by atoms with Crippen LogP contribution in [0.3, 0.4) is 0 Å². The molecule has 1 aromatic rings. The minimum atomic E-state index is -0.148. The van der Waals surface area contributed by atoms with Crippen LogP contribution in [-0.4, -0.2) is 43.6 Å². The molecule has 20 heavy (non-hydrogen) atoms. The van der Waals surface area contributed by atoms with Gasteiger partial charge in [0.25, 0.3) is 5.91 Å². The molecule has 0 aliphatic carbocycles. The molecule has 0 bridgehead atoms. The second-order valence-electron chi connectivity index (χ2n) is 5.61. The maximum atomic E-state index is 12.0. The van der Waals surface area contributed by atoms with E-state index < -0.39 is 0 Å². The fraction of sp³-hybridized carbons (Fsp3) is 0.533. The van der Waals surface area contributed by atoms with Gasteiger partial charge in [-0.25, -0.2) is 0 Å². The van der Waals surface area contributed by atoms with Crippen LogP contribution < -0.4 is 15.8 Å². The van der Waals surface area contributed by atoms with Crippen molar-refractivity contribution in [2.45, 2.75) is 26.3 Å². The first kappa shape index (κ1) is 16.3. The minimum Gasteiger partial charge on any atom is -0.491 e. The predicted octanol–water partition coefficient (Wildman–Crippen LogP) is 1.74. The summed E-state index contributed by atoms with van der Waals surface area (Å²) in [4.78, 5) is 14.1. The summed E-state index contributed by atoms with van der Waals surface area (Å²) in [7, 11) is 3.99. The summed E-state index contributed by atoms with van der Waals surface area (Å²) < 4.78 is 5.83. The number of hydrogen-bond acceptors (Lipinski definition) is 4. The Bertz CT molecular complexity index is 470. The molecular weight excluding hydrogens is 254 g/mol. The van der Waals surface area contributed by atoms with E-state index >= 15 is 0 Å². The number of likely N-dealkylation sites (N-methyl/N-ethyl adjacent to an activating group) is 1. The number of nitrogens with zero attached hydrogens (tertiary/aromatic N) is 1. The third kappa shape index (κ3) is 4.13. The highest BCUT2D eigenvalue weighted by Gasteiger charge is 2.22. The molecule has 0 fully saturated rings. The molecule has 5 heteroatoms.